The van der Waals surface area contributed by atoms with Gasteiger partial charge < -0.3 is 10.2 Å². The van der Waals surface area contributed by atoms with E-state index in [-0.39, 0.29) is 23.3 Å². The number of piperidine rings is 1. The Morgan fingerprint density at radius 3 is 2.80 bits per heavy atom. The Kier molecular flexibility index (Phi) is 6.02. The van der Waals surface area contributed by atoms with Crippen LogP contribution in [0.3, 0.4) is 0 Å². The minimum absolute atomic E-state index is 0.0906. The summed E-state index contributed by atoms with van der Waals surface area (Å²) in [5.74, 6) is 0.587. The topological polar surface area (TPSA) is 97.9 Å². The minimum Gasteiger partial charge on any atom is -0.341 e. The number of anilines is 2. The molecule has 0 bridgehead atoms. The maximum Gasteiger partial charge on any atom is 0.252 e. The van der Waals surface area contributed by atoms with E-state index >= 15 is 0 Å². The molecule has 10 heteroatoms. The highest BCUT2D eigenvalue weighted by Crippen LogP contribution is 2.26. The van der Waals surface area contributed by atoms with Crippen molar-refractivity contribution in [2.45, 2.75) is 39.2 Å². The van der Waals surface area contributed by atoms with E-state index in [1.165, 1.54) is 12.1 Å². The first kappa shape index (κ1) is 22.7. The number of likely N-dealkylation sites (tertiary alicyclic amines) is 1. The lowest BCUT2D eigenvalue weighted by Crippen LogP contribution is -2.42. The largest absolute Gasteiger partial charge is 0.341 e. The monoisotopic (exact) mass is 475 g/mol. The van der Waals surface area contributed by atoms with Gasteiger partial charge in [-0.3, -0.25) is 14.2 Å². The molecule has 0 spiro atoms. The number of fused-ring (bicyclic) bond motifs is 1. The molecular formula is C25H26FN7O2. The molecular weight excluding hydrogens is 449 g/mol. The standard InChI is InChI=1S/C25H26FN7O2/c1-3-22(34)31-11-4-5-19(15-31)33-23(35)13-16(2)20-14-27-25(29-24(20)33)28-21-10-12-32(30-21)18-8-6-17(26)7-9-18/h6-10,12-14,19H,3-5,11,15H2,1-2H3,(H,27,28,29,30)/t19-/m1/s1. The molecule has 4 heterocycles. The Morgan fingerprint density at radius 1 is 1.23 bits per heavy atom. The highest BCUT2D eigenvalue weighted by atomic mass is 19.1. The van der Waals surface area contributed by atoms with E-state index in [0.29, 0.717) is 42.6 Å². The molecule has 0 saturated carbocycles. The van der Waals surface area contributed by atoms with Gasteiger partial charge in [0.05, 0.1) is 11.7 Å². The van der Waals surface area contributed by atoms with E-state index in [4.69, 9.17) is 0 Å². The van der Waals surface area contributed by atoms with E-state index in [2.05, 4.69) is 20.4 Å². The number of nitrogens with one attached hydrogen (secondary N) is 1. The molecule has 4 aromatic rings. The summed E-state index contributed by atoms with van der Waals surface area (Å²) in [6, 6.07) is 9.22. The summed E-state index contributed by atoms with van der Waals surface area (Å²) in [7, 11) is 0. The highest BCUT2D eigenvalue weighted by Gasteiger charge is 2.26. The summed E-state index contributed by atoms with van der Waals surface area (Å²) in [5, 5.41) is 8.34. The molecule has 9 nitrogen and oxygen atoms in total. The van der Waals surface area contributed by atoms with Gasteiger partial charge in [0.25, 0.3) is 5.56 Å². The molecule has 1 aromatic carbocycles. The molecule has 5 rings (SSSR count). The van der Waals surface area contributed by atoms with Crippen LogP contribution in [-0.2, 0) is 4.79 Å². The van der Waals surface area contributed by atoms with Crippen LogP contribution in [0.4, 0.5) is 16.2 Å². The molecule has 1 amide bonds. The van der Waals surface area contributed by atoms with Crippen LogP contribution in [0.1, 0.15) is 37.8 Å². The third-order valence-electron chi connectivity index (χ3n) is 6.34. The summed E-state index contributed by atoms with van der Waals surface area (Å²) in [6.07, 6.45) is 5.51. The lowest BCUT2D eigenvalue weighted by atomic mass is 10.0. The Labute approximate surface area is 201 Å². The van der Waals surface area contributed by atoms with Gasteiger partial charge in [-0.05, 0) is 49.6 Å². The van der Waals surface area contributed by atoms with Crippen LogP contribution >= 0.6 is 0 Å². The Bertz CT molecular complexity index is 1440. The van der Waals surface area contributed by atoms with Crippen LogP contribution < -0.4 is 10.9 Å². The molecule has 1 N–H and O–H groups in total. The summed E-state index contributed by atoms with van der Waals surface area (Å²) >= 11 is 0. The van der Waals surface area contributed by atoms with E-state index < -0.39 is 0 Å². The van der Waals surface area contributed by atoms with E-state index in [1.54, 1.807) is 45.9 Å². The third kappa shape index (κ3) is 4.51. The van der Waals surface area contributed by atoms with Crippen molar-refractivity contribution in [3.63, 3.8) is 0 Å². The average molecular weight is 476 g/mol. The van der Waals surface area contributed by atoms with Crippen molar-refractivity contribution in [3.8, 4) is 5.69 Å². The molecule has 1 fully saturated rings. The van der Waals surface area contributed by atoms with Gasteiger partial charge in [0, 0.05) is 49.4 Å². The smallest absolute Gasteiger partial charge is 0.252 e. The number of carbonyl (C=O) groups excluding carboxylic acids is 1. The first-order valence-electron chi connectivity index (χ1n) is 11.7. The van der Waals surface area contributed by atoms with Crippen LogP contribution in [0.25, 0.3) is 16.7 Å². The average Bonchev–Trinajstić information content (AvgIpc) is 3.32. The maximum absolute atomic E-state index is 13.2. The zero-order valence-electron chi connectivity index (χ0n) is 19.6. The number of amides is 1. The molecule has 35 heavy (non-hydrogen) atoms. The quantitative estimate of drug-likeness (QED) is 0.472. The zero-order valence-corrected chi connectivity index (χ0v) is 19.6. The lowest BCUT2D eigenvalue weighted by Gasteiger charge is -2.34. The highest BCUT2D eigenvalue weighted by molar-refractivity contribution is 5.79. The van der Waals surface area contributed by atoms with Gasteiger partial charge in [0.2, 0.25) is 11.9 Å². The molecule has 1 aliphatic heterocycles. The summed E-state index contributed by atoms with van der Waals surface area (Å²) in [6.45, 7) is 4.91. The van der Waals surface area contributed by atoms with Crippen LogP contribution in [-0.4, -0.2) is 48.2 Å². The van der Waals surface area contributed by atoms with Crippen LogP contribution in [0.5, 0.6) is 0 Å². The number of hydrogen-bond acceptors (Lipinski definition) is 6. The van der Waals surface area contributed by atoms with Crippen molar-refractivity contribution in [1.82, 2.24) is 29.2 Å². The van der Waals surface area contributed by atoms with Crippen LogP contribution in [0.15, 0.2) is 53.6 Å². The Hall–Kier alpha value is -4.08. The summed E-state index contributed by atoms with van der Waals surface area (Å²) in [4.78, 5) is 36.3. The fourth-order valence-corrected chi connectivity index (χ4v) is 4.54. The lowest BCUT2D eigenvalue weighted by molar-refractivity contribution is -0.132. The molecule has 1 saturated heterocycles. The number of benzene rings is 1. The third-order valence-corrected chi connectivity index (χ3v) is 6.34. The van der Waals surface area contributed by atoms with Crippen LogP contribution in [0.2, 0.25) is 0 Å². The number of aromatic nitrogens is 5. The van der Waals surface area contributed by atoms with Crippen molar-refractivity contribution >= 4 is 28.7 Å². The predicted molar refractivity (Wildman–Crippen MR) is 130 cm³/mol. The number of rotatable bonds is 5. The van der Waals surface area contributed by atoms with E-state index in [9.17, 15) is 14.0 Å². The van der Waals surface area contributed by atoms with Crippen molar-refractivity contribution in [1.29, 1.82) is 0 Å². The van der Waals surface area contributed by atoms with Gasteiger partial charge in [-0.25, -0.2) is 14.1 Å². The van der Waals surface area contributed by atoms with Crippen LogP contribution in [0, 0.1) is 12.7 Å². The van der Waals surface area contributed by atoms with Gasteiger partial charge >= 0.3 is 0 Å². The second-order valence-electron chi connectivity index (χ2n) is 8.70. The van der Waals surface area contributed by atoms with E-state index in [1.807, 2.05) is 18.7 Å². The second-order valence-corrected chi connectivity index (χ2v) is 8.70. The molecule has 1 atom stereocenters. The summed E-state index contributed by atoms with van der Waals surface area (Å²) < 4.78 is 16.5. The van der Waals surface area contributed by atoms with Crippen molar-refractivity contribution in [2.75, 3.05) is 18.4 Å². The Balaban J connectivity index is 1.48. The molecule has 180 valence electrons. The number of nitrogens with zero attached hydrogens (tertiary/aromatic N) is 6. The van der Waals surface area contributed by atoms with Gasteiger partial charge in [-0.2, -0.15) is 10.1 Å². The predicted octanol–water partition coefficient (Wildman–Crippen LogP) is 3.74. The number of aryl methyl sites for hydroxylation is 1. The first-order valence-corrected chi connectivity index (χ1v) is 11.7. The first-order chi connectivity index (χ1) is 16.9. The minimum atomic E-state index is -0.315. The molecule has 3 aromatic heterocycles. The fraction of sp³-hybridized carbons (Fsp3) is 0.320. The Morgan fingerprint density at radius 2 is 2.03 bits per heavy atom. The van der Waals surface area contributed by atoms with E-state index in [0.717, 1.165) is 23.8 Å². The number of pyridine rings is 1. The van der Waals surface area contributed by atoms with Crippen molar-refractivity contribution < 1.29 is 9.18 Å². The fourth-order valence-electron chi connectivity index (χ4n) is 4.54. The molecule has 0 radical (unpaired) electrons. The van der Waals surface area contributed by atoms with Gasteiger partial charge in [0.15, 0.2) is 5.82 Å². The number of carbonyl (C=O) groups is 1. The maximum atomic E-state index is 13.2. The zero-order chi connectivity index (χ0) is 24.5. The number of halogens is 1. The normalized spacial score (nSPS) is 16.0. The van der Waals surface area contributed by atoms with Crippen molar-refractivity contribution in [3.05, 3.63) is 70.5 Å². The molecule has 1 aliphatic rings. The van der Waals surface area contributed by atoms with Crippen molar-refractivity contribution in [2.24, 2.45) is 0 Å². The number of hydrogen-bond donors (Lipinski definition) is 1. The summed E-state index contributed by atoms with van der Waals surface area (Å²) in [5.41, 5.74) is 1.90. The van der Waals surface area contributed by atoms with Gasteiger partial charge in [-0.15, -0.1) is 0 Å². The molecule has 0 aliphatic carbocycles. The van der Waals surface area contributed by atoms with Gasteiger partial charge in [-0.1, -0.05) is 6.92 Å². The molecule has 0 unspecified atom stereocenters. The second kappa shape index (κ2) is 9.28. The SMILES string of the molecule is CCC(=O)N1CCC[C@@H](n2c(=O)cc(C)c3cnc(Nc4ccn(-c5ccc(F)cc5)n4)nc32)C1. The van der Waals surface area contributed by atoms with Gasteiger partial charge in [0.1, 0.15) is 11.5 Å².